The fourth-order valence-corrected chi connectivity index (χ4v) is 16.7. The predicted molar refractivity (Wildman–Crippen MR) is 254 cm³/mol. The van der Waals surface area contributed by atoms with E-state index >= 15 is 0 Å². The first kappa shape index (κ1) is 38.8. The van der Waals surface area contributed by atoms with Crippen LogP contribution in [0.15, 0.2) is 220 Å². The molecule has 9 aromatic rings. The van der Waals surface area contributed by atoms with E-state index in [2.05, 4.69) is 255 Å². The minimum Gasteiger partial charge on any atom is -0.340 e. The van der Waals surface area contributed by atoms with E-state index in [-0.39, 0.29) is 0 Å². The second-order valence-electron chi connectivity index (χ2n) is 14.8. The summed E-state index contributed by atoms with van der Waals surface area (Å²) in [6.45, 7) is 1.05. The van der Waals surface area contributed by atoms with Crippen molar-refractivity contribution in [3.05, 3.63) is 243 Å². The molecule has 0 amide bonds. The van der Waals surface area contributed by atoms with Gasteiger partial charge in [0.15, 0.2) is 0 Å². The number of rotatable bonds is 17. The fourth-order valence-electron chi connectivity index (χ4n) is 8.26. The largest absolute Gasteiger partial charge is 0.340 e. The van der Waals surface area contributed by atoms with Crippen LogP contribution in [0.3, 0.4) is 0 Å². The van der Waals surface area contributed by atoms with Crippen molar-refractivity contribution in [2.45, 2.75) is 31.1 Å². The quantitative estimate of drug-likeness (QED) is 0.0841. The van der Waals surface area contributed by atoms with Crippen LogP contribution in [0.2, 0.25) is 0 Å². The van der Waals surface area contributed by atoms with Gasteiger partial charge in [-0.25, -0.2) is 0 Å². The van der Waals surface area contributed by atoms with Crippen molar-refractivity contribution in [1.82, 2.24) is 35.0 Å². The van der Waals surface area contributed by atoms with E-state index in [0.29, 0.717) is 0 Å². The molecule has 12 heteroatoms. The van der Waals surface area contributed by atoms with Gasteiger partial charge in [0.1, 0.15) is 32.9 Å². The molecule has 0 spiro atoms. The van der Waals surface area contributed by atoms with Crippen LogP contribution in [0.25, 0.3) is 11.1 Å². The van der Waals surface area contributed by atoms with E-state index in [0.717, 1.165) is 37.6 Å². The summed E-state index contributed by atoms with van der Waals surface area (Å²) in [4.78, 5) is 0. The molecular weight excluding hydrogens is 812 g/mol. The van der Waals surface area contributed by atoms with Gasteiger partial charge in [0.2, 0.25) is 0 Å². The average Bonchev–Trinajstić information content (AvgIpc) is 4.13. The first-order valence-corrected chi connectivity index (χ1v) is 26.2. The lowest BCUT2D eigenvalue weighted by atomic mass is 9.89. The molecule has 7 aromatic heterocycles. The van der Waals surface area contributed by atoms with Crippen LogP contribution in [-0.4, -0.2) is 41.6 Å². The van der Waals surface area contributed by atoms with Crippen LogP contribution in [0.4, 0.5) is 0 Å². The zero-order valence-corrected chi connectivity index (χ0v) is 37.0. The third-order valence-electron chi connectivity index (χ3n) is 11.1. The van der Waals surface area contributed by atoms with Gasteiger partial charge in [0.25, 0.3) is 0 Å². The summed E-state index contributed by atoms with van der Waals surface area (Å²) < 4.78 is 19.6. The molecule has 0 saturated heterocycles. The molecule has 0 bridgehead atoms. The maximum absolute atomic E-state index is 2.60. The number of hydrogen-bond donors (Lipinski definition) is 0. The highest BCUT2D eigenvalue weighted by Gasteiger charge is 2.28. The van der Waals surface area contributed by atoms with E-state index in [1.807, 2.05) is 0 Å². The SMILES string of the molecule is C1=CN(P(Cc2cccc(CP(n3cccc3)n3cccc3)c2-c2c(CP(n3cccc3)n3cccc3)cccc2CP(n2cccc2)n2cccc2)n2cccc2)CC1. The maximum Gasteiger partial charge on any atom is 0.107 e. The number of hydrogen-bond acceptors (Lipinski definition) is 1. The van der Waals surface area contributed by atoms with E-state index in [1.165, 1.54) is 33.4 Å². The summed E-state index contributed by atoms with van der Waals surface area (Å²) in [6.07, 6.45) is 40.8. The lowest BCUT2D eigenvalue weighted by molar-refractivity contribution is 0.638. The maximum atomic E-state index is 2.60. The lowest BCUT2D eigenvalue weighted by Gasteiger charge is -2.32. The van der Waals surface area contributed by atoms with Gasteiger partial charge in [-0.05, 0) is 125 Å². The van der Waals surface area contributed by atoms with E-state index in [4.69, 9.17) is 0 Å². The molecule has 1 atom stereocenters. The molecule has 0 fully saturated rings. The highest BCUT2D eigenvalue weighted by molar-refractivity contribution is 7.54. The Hall–Kier alpha value is -5.34. The number of aromatic nitrogens is 7. The summed E-state index contributed by atoms with van der Waals surface area (Å²) in [5.41, 5.74) is 8.39. The Morgan fingerprint density at radius 1 is 0.317 bits per heavy atom. The van der Waals surface area contributed by atoms with Gasteiger partial charge < -0.3 is 35.0 Å². The van der Waals surface area contributed by atoms with Crippen LogP contribution in [0.5, 0.6) is 0 Å². The van der Waals surface area contributed by atoms with Crippen LogP contribution in [0.1, 0.15) is 28.7 Å². The molecule has 1 aliphatic rings. The Morgan fingerprint density at radius 3 is 0.817 bits per heavy atom. The van der Waals surface area contributed by atoms with Crippen LogP contribution in [-0.2, 0) is 24.6 Å². The summed E-state index contributed by atoms with van der Waals surface area (Å²) >= 11 is 0. The molecule has 8 nitrogen and oxygen atoms in total. The van der Waals surface area contributed by atoms with Gasteiger partial charge >= 0.3 is 0 Å². The molecule has 300 valence electrons. The van der Waals surface area contributed by atoms with Crippen molar-refractivity contribution < 1.29 is 0 Å². The Morgan fingerprint density at radius 2 is 0.567 bits per heavy atom. The minimum atomic E-state index is -0.807. The second kappa shape index (κ2) is 18.1. The van der Waals surface area contributed by atoms with Gasteiger partial charge in [0.05, 0.1) is 0 Å². The topological polar surface area (TPSA) is 37.8 Å². The van der Waals surface area contributed by atoms with Crippen molar-refractivity contribution in [2.24, 2.45) is 0 Å². The van der Waals surface area contributed by atoms with Crippen molar-refractivity contribution >= 4 is 32.9 Å². The highest BCUT2D eigenvalue weighted by Crippen LogP contribution is 2.54. The third-order valence-corrected chi connectivity index (χ3v) is 20.1. The standard InChI is InChI=1S/C48H48N8P4/c1-2-24-49(23-1)57(50-25-3-4-26-50)39-43-19-17-20-44(40-58(51-27-5-6-28-51)52-29-7-8-30-52)47(43)48-45(41-59(53-31-9-10-32-53)54-33-11-12-34-54)21-18-22-46(48)42-60(55-35-13-14-36-55)56-37-15-16-38-56/h1-15,17-37H,16,38-42H2. The highest BCUT2D eigenvalue weighted by atomic mass is 31.1. The van der Waals surface area contributed by atoms with E-state index in [1.54, 1.807) is 0 Å². The lowest BCUT2D eigenvalue weighted by Crippen LogP contribution is -2.14. The summed E-state index contributed by atoms with van der Waals surface area (Å²) in [5, 5.41) is 0. The molecule has 1 unspecified atom stereocenters. The van der Waals surface area contributed by atoms with Gasteiger partial charge in [-0.3, -0.25) is 0 Å². The van der Waals surface area contributed by atoms with Crippen molar-refractivity contribution in [2.75, 3.05) is 6.54 Å². The molecule has 1 aliphatic heterocycles. The normalized spacial score (nSPS) is 13.4. The van der Waals surface area contributed by atoms with Crippen molar-refractivity contribution in [3.8, 4) is 11.1 Å². The first-order chi connectivity index (χ1) is 29.8. The van der Waals surface area contributed by atoms with E-state index < -0.39 is 32.9 Å². The monoisotopic (exact) mass is 860 g/mol. The Labute approximate surface area is 357 Å². The third kappa shape index (κ3) is 8.23. The smallest absolute Gasteiger partial charge is 0.107 e. The molecule has 0 aliphatic carbocycles. The van der Waals surface area contributed by atoms with Crippen molar-refractivity contribution in [3.63, 3.8) is 0 Å². The van der Waals surface area contributed by atoms with Crippen LogP contribution < -0.4 is 0 Å². The van der Waals surface area contributed by atoms with Gasteiger partial charge in [0, 0.05) is 124 Å². The summed E-state index contributed by atoms with van der Waals surface area (Å²) in [6, 6.07) is 44.6. The molecule has 2 aromatic carbocycles. The Kier molecular flexibility index (Phi) is 11.7. The predicted octanol–water partition coefficient (Wildman–Crippen LogP) is 13.3. The van der Waals surface area contributed by atoms with Gasteiger partial charge in [-0.2, -0.15) is 0 Å². The summed E-state index contributed by atoms with van der Waals surface area (Å²) in [5.74, 6) is 0. The molecule has 0 radical (unpaired) electrons. The zero-order valence-electron chi connectivity index (χ0n) is 33.4. The van der Waals surface area contributed by atoms with Crippen LogP contribution in [0, 0.1) is 0 Å². The van der Waals surface area contributed by atoms with Gasteiger partial charge in [-0.1, -0.05) is 42.5 Å². The average molecular weight is 861 g/mol. The van der Waals surface area contributed by atoms with Crippen molar-refractivity contribution in [1.29, 1.82) is 0 Å². The Bertz CT molecular complexity index is 2490. The second-order valence-corrected chi connectivity index (χ2v) is 22.8. The molecule has 8 heterocycles. The first-order valence-electron chi connectivity index (χ1n) is 20.4. The van der Waals surface area contributed by atoms with E-state index in [9.17, 15) is 0 Å². The molecule has 0 saturated carbocycles. The van der Waals surface area contributed by atoms with Crippen LogP contribution >= 0.6 is 32.9 Å². The minimum absolute atomic E-state index is 0.730. The number of nitrogens with zero attached hydrogens (tertiary/aromatic N) is 8. The zero-order chi connectivity index (χ0) is 40.1. The number of benzene rings is 2. The van der Waals surface area contributed by atoms with Gasteiger partial charge in [-0.15, -0.1) is 0 Å². The molecule has 60 heavy (non-hydrogen) atoms. The fraction of sp³-hybridized carbons (Fsp3) is 0.125. The molecule has 0 N–H and O–H groups in total. The molecule has 10 rings (SSSR count). The molecular formula is C48H48N8P4. The summed E-state index contributed by atoms with van der Waals surface area (Å²) in [7, 11) is -3.15. The Balaban J connectivity index is 1.20.